The van der Waals surface area contributed by atoms with Gasteiger partial charge in [0.25, 0.3) is 0 Å². The van der Waals surface area contributed by atoms with E-state index in [1.807, 2.05) is 23.7 Å². The van der Waals surface area contributed by atoms with Crippen LogP contribution in [-0.4, -0.2) is 9.97 Å². The monoisotopic (exact) mass is 846 g/mol. The van der Waals surface area contributed by atoms with Crippen molar-refractivity contribution >= 4 is 87.4 Å². The van der Waals surface area contributed by atoms with Gasteiger partial charge in [-0.1, -0.05) is 170 Å². The maximum atomic E-state index is 5.25. The lowest BCUT2D eigenvalue weighted by Crippen LogP contribution is -2.14. The summed E-state index contributed by atoms with van der Waals surface area (Å²) < 4.78 is 2.37. The lowest BCUT2D eigenvalue weighted by Gasteiger charge is -2.31. The highest BCUT2D eigenvalue weighted by Gasteiger charge is 2.32. The Bertz CT molecular complexity index is 3790. The Labute approximate surface area is 380 Å². The fraction of sp³-hybridized carbons (Fsp3) is 0. The first-order valence-corrected chi connectivity index (χ1v) is 22.8. The highest BCUT2D eigenvalue weighted by molar-refractivity contribution is 7.26. The highest BCUT2D eigenvalue weighted by atomic mass is 32.1. The molecule has 12 aromatic rings. The van der Waals surface area contributed by atoms with E-state index in [0.717, 1.165) is 61.5 Å². The molecule has 0 unspecified atom stereocenters. The van der Waals surface area contributed by atoms with Gasteiger partial charge in [-0.05, 0) is 92.7 Å². The second-order valence-corrected chi connectivity index (χ2v) is 17.5. The summed E-state index contributed by atoms with van der Waals surface area (Å²) >= 11 is 1.85. The van der Waals surface area contributed by atoms with Crippen LogP contribution in [0.5, 0.6) is 0 Å². The molecule has 1 aliphatic carbocycles. The maximum absolute atomic E-state index is 5.25. The Hall–Kier alpha value is -8.38. The van der Waals surface area contributed by atoms with E-state index in [1.165, 1.54) is 59.1 Å². The van der Waals surface area contributed by atoms with Crippen molar-refractivity contribution in [3.63, 3.8) is 0 Å². The first kappa shape index (κ1) is 37.2. The van der Waals surface area contributed by atoms with Crippen LogP contribution >= 0.6 is 11.3 Å². The molecule has 0 amide bonds. The third-order valence-electron chi connectivity index (χ3n) is 12.9. The average molecular weight is 847 g/mol. The number of aromatic nitrogens is 2. The Balaban J connectivity index is 1.22. The predicted octanol–water partition coefficient (Wildman–Crippen LogP) is 17.1. The molecule has 0 saturated carbocycles. The summed E-state index contributed by atoms with van der Waals surface area (Å²) in [6.45, 7) is 0. The molecule has 0 atom stereocenters. The van der Waals surface area contributed by atoms with E-state index in [0.29, 0.717) is 0 Å². The topological polar surface area (TPSA) is 32.3 Å². The van der Waals surface area contributed by atoms with Crippen molar-refractivity contribution in [1.82, 2.24) is 9.97 Å². The van der Waals surface area contributed by atoms with Gasteiger partial charge >= 0.3 is 0 Å². The van der Waals surface area contributed by atoms with Gasteiger partial charge in [0.1, 0.15) is 11.6 Å². The number of nitrogens with zero attached hydrogens (tertiary/aromatic N) is 4. The van der Waals surface area contributed by atoms with Crippen molar-refractivity contribution < 1.29 is 0 Å². The van der Waals surface area contributed by atoms with Crippen LogP contribution in [0.1, 0.15) is 0 Å². The van der Waals surface area contributed by atoms with Crippen molar-refractivity contribution in [3.8, 4) is 44.5 Å². The van der Waals surface area contributed by atoms with Crippen molar-refractivity contribution in [3.05, 3.63) is 231 Å². The summed E-state index contributed by atoms with van der Waals surface area (Å²) in [5.74, 6) is 1.77. The van der Waals surface area contributed by atoms with Crippen molar-refractivity contribution in [2.75, 3.05) is 9.80 Å². The number of thiophene rings is 1. The molecule has 13 rings (SSSR count). The summed E-state index contributed by atoms with van der Waals surface area (Å²) in [6, 6.07) is 78.9. The minimum absolute atomic E-state index is 0.878. The summed E-state index contributed by atoms with van der Waals surface area (Å²) in [6.07, 6.45) is 3.88. The number of hydrogen-bond acceptors (Lipinski definition) is 5. The molecule has 9 aromatic carbocycles. The van der Waals surface area contributed by atoms with E-state index in [-0.39, 0.29) is 0 Å². The van der Waals surface area contributed by atoms with Gasteiger partial charge in [-0.15, -0.1) is 11.3 Å². The van der Waals surface area contributed by atoms with Gasteiger partial charge < -0.3 is 0 Å². The second kappa shape index (κ2) is 15.2. The second-order valence-electron chi connectivity index (χ2n) is 16.5. The Morgan fingerprint density at radius 1 is 0.338 bits per heavy atom. The lowest BCUT2D eigenvalue weighted by atomic mass is 9.78. The van der Waals surface area contributed by atoms with Crippen LogP contribution in [0.2, 0.25) is 0 Å². The molecule has 0 spiro atoms. The quantitative estimate of drug-likeness (QED) is 0.167. The fourth-order valence-corrected chi connectivity index (χ4v) is 11.4. The summed E-state index contributed by atoms with van der Waals surface area (Å²) in [5, 5.41) is 6.88. The number of pyridine rings is 2. The van der Waals surface area contributed by atoms with E-state index in [2.05, 4.69) is 228 Å². The molecular formula is C60H38N4S. The standard InChI is InChI=1S/C60H38N4S/c1-3-20-41(21-4-1)63(59-43-24-9-7-18-39(43)34-36-61-59)52-33-17-32-51-56-54(65-58(51)52)38-53(64(42-22-5-2-6-23-42)60-44-25-10-8-19-40(44)35-37-62-60)55-49-30-15-13-28-47(49)45-26-11-12-27-46(45)48-29-14-16-31-50(48)57(55)56/h1-38H. The molecule has 3 heterocycles. The minimum atomic E-state index is 0.878. The number of benzene rings is 9. The van der Waals surface area contributed by atoms with Crippen molar-refractivity contribution in [2.24, 2.45) is 0 Å². The van der Waals surface area contributed by atoms with Crippen LogP contribution in [0.4, 0.5) is 34.4 Å². The Kier molecular flexibility index (Phi) is 8.68. The van der Waals surface area contributed by atoms with Gasteiger partial charge in [-0.2, -0.15) is 0 Å². The van der Waals surface area contributed by atoms with Gasteiger partial charge in [0.05, 0.1) is 16.1 Å². The highest BCUT2D eigenvalue weighted by Crippen LogP contribution is 2.58. The Morgan fingerprint density at radius 2 is 0.769 bits per heavy atom. The SMILES string of the molecule is c1ccc(N(c2cc3sc4c(N(c5ccccc5)c5nccc6ccccc56)cccc4c3c3c2-c2ccccc2-c2ccccc2-c2ccccc2-3)c2nccc3ccccc23)cc1. The molecule has 0 N–H and O–H groups in total. The van der Waals surface area contributed by atoms with Gasteiger partial charge in [0, 0.05) is 61.1 Å². The van der Waals surface area contributed by atoms with Crippen LogP contribution < -0.4 is 9.80 Å². The Morgan fingerprint density at radius 3 is 1.32 bits per heavy atom. The van der Waals surface area contributed by atoms with E-state index < -0.39 is 0 Å². The van der Waals surface area contributed by atoms with Gasteiger partial charge in [0.2, 0.25) is 0 Å². The molecule has 0 fully saturated rings. The smallest absolute Gasteiger partial charge is 0.145 e. The van der Waals surface area contributed by atoms with Crippen LogP contribution in [0.15, 0.2) is 231 Å². The molecule has 1 aliphatic rings. The molecule has 5 heteroatoms. The van der Waals surface area contributed by atoms with Crippen LogP contribution in [0.25, 0.3) is 86.2 Å². The molecule has 0 radical (unpaired) electrons. The zero-order chi connectivity index (χ0) is 42.8. The molecule has 65 heavy (non-hydrogen) atoms. The fourth-order valence-electron chi connectivity index (χ4n) is 10.1. The molecule has 0 saturated heterocycles. The maximum Gasteiger partial charge on any atom is 0.145 e. The number of hydrogen-bond donors (Lipinski definition) is 0. The lowest BCUT2D eigenvalue weighted by molar-refractivity contribution is 1.20. The summed E-state index contributed by atoms with van der Waals surface area (Å²) in [4.78, 5) is 15.1. The van der Waals surface area contributed by atoms with Gasteiger partial charge in [-0.25, -0.2) is 9.97 Å². The first-order valence-electron chi connectivity index (χ1n) is 22.0. The van der Waals surface area contributed by atoms with E-state index in [9.17, 15) is 0 Å². The van der Waals surface area contributed by atoms with Gasteiger partial charge in [0.15, 0.2) is 0 Å². The van der Waals surface area contributed by atoms with Crippen molar-refractivity contribution in [1.29, 1.82) is 0 Å². The third kappa shape index (κ3) is 5.90. The van der Waals surface area contributed by atoms with Crippen molar-refractivity contribution in [2.45, 2.75) is 0 Å². The zero-order valence-corrected chi connectivity index (χ0v) is 36.0. The van der Waals surface area contributed by atoms with Crippen LogP contribution in [-0.2, 0) is 0 Å². The number of fused-ring (bicyclic) bond motifs is 14. The third-order valence-corrected chi connectivity index (χ3v) is 14.1. The average Bonchev–Trinajstić information content (AvgIpc) is 3.75. The number of anilines is 6. The normalized spacial score (nSPS) is 11.7. The molecule has 304 valence electrons. The first-order chi connectivity index (χ1) is 32.3. The van der Waals surface area contributed by atoms with Crippen LogP contribution in [0, 0.1) is 0 Å². The van der Waals surface area contributed by atoms with Gasteiger partial charge in [-0.3, -0.25) is 9.80 Å². The van der Waals surface area contributed by atoms with Crippen LogP contribution in [0.3, 0.4) is 0 Å². The molecule has 0 bridgehead atoms. The largest absolute Gasteiger partial charge is 0.294 e. The molecule has 4 nitrogen and oxygen atoms in total. The molecule has 0 aliphatic heterocycles. The number of rotatable bonds is 6. The minimum Gasteiger partial charge on any atom is -0.294 e. The molecule has 3 aromatic heterocycles. The summed E-state index contributed by atoms with van der Waals surface area (Å²) in [7, 11) is 0. The number of para-hydroxylation sites is 2. The molecular weight excluding hydrogens is 809 g/mol. The zero-order valence-electron chi connectivity index (χ0n) is 35.1. The predicted molar refractivity (Wildman–Crippen MR) is 275 cm³/mol. The van der Waals surface area contributed by atoms with E-state index >= 15 is 0 Å². The van der Waals surface area contributed by atoms with E-state index in [4.69, 9.17) is 9.97 Å². The summed E-state index contributed by atoms with van der Waals surface area (Å²) in [5.41, 5.74) is 13.8. The van der Waals surface area contributed by atoms with E-state index in [1.54, 1.807) is 0 Å².